The number of hydrogen-bond acceptors (Lipinski definition) is 5. The quantitative estimate of drug-likeness (QED) is 0.865. The van der Waals surface area contributed by atoms with Crippen LogP contribution in [0.1, 0.15) is 24.4 Å². The third kappa shape index (κ3) is 1.96. The maximum atomic E-state index is 6.47. The Balaban J connectivity index is 1.54. The zero-order chi connectivity index (χ0) is 14.3. The predicted octanol–water partition coefficient (Wildman–Crippen LogP) is 1.91. The summed E-state index contributed by atoms with van der Waals surface area (Å²) in [5.41, 5.74) is 8.42. The van der Waals surface area contributed by atoms with Gasteiger partial charge in [-0.25, -0.2) is 9.97 Å². The molecule has 1 atom stereocenters. The highest BCUT2D eigenvalue weighted by Crippen LogP contribution is 2.47. The minimum absolute atomic E-state index is 0.0390. The van der Waals surface area contributed by atoms with Crippen LogP contribution in [0.3, 0.4) is 0 Å². The Morgan fingerprint density at radius 1 is 1.14 bits per heavy atom. The number of piperidine rings is 1. The van der Waals surface area contributed by atoms with E-state index < -0.39 is 0 Å². The highest BCUT2D eigenvalue weighted by atomic mass is 16.5. The van der Waals surface area contributed by atoms with Gasteiger partial charge in [-0.2, -0.15) is 0 Å². The SMILES string of the molecule is NC1c2ccccc2OC12CCN(c1cncnc1)CC2. The summed E-state index contributed by atoms with van der Waals surface area (Å²) in [5.74, 6) is 0.946. The van der Waals surface area contributed by atoms with Crippen molar-refractivity contribution in [3.05, 3.63) is 48.5 Å². The van der Waals surface area contributed by atoms with Crippen molar-refractivity contribution in [1.82, 2.24) is 9.97 Å². The molecule has 2 aliphatic rings. The van der Waals surface area contributed by atoms with Gasteiger partial charge in [-0.1, -0.05) is 18.2 Å². The number of aromatic nitrogens is 2. The second-order valence-electron chi connectivity index (χ2n) is 5.77. The Hall–Kier alpha value is -2.14. The van der Waals surface area contributed by atoms with E-state index in [0.29, 0.717) is 0 Å². The highest BCUT2D eigenvalue weighted by Gasteiger charge is 2.48. The minimum atomic E-state index is -0.254. The van der Waals surface area contributed by atoms with Crippen LogP contribution in [0.4, 0.5) is 5.69 Å². The fourth-order valence-corrected chi connectivity index (χ4v) is 3.41. The maximum Gasteiger partial charge on any atom is 0.132 e. The molecule has 1 spiro atoms. The molecule has 0 bridgehead atoms. The summed E-state index contributed by atoms with van der Waals surface area (Å²) in [6, 6.07) is 8.08. The van der Waals surface area contributed by atoms with Crippen LogP contribution >= 0.6 is 0 Å². The Kier molecular flexibility index (Phi) is 2.82. The van der Waals surface area contributed by atoms with E-state index in [1.54, 1.807) is 6.33 Å². The maximum absolute atomic E-state index is 6.47. The molecule has 5 heteroatoms. The second kappa shape index (κ2) is 4.70. The molecule has 0 aliphatic carbocycles. The van der Waals surface area contributed by atoms with Crippen LogP contribution in [-0.2, 0) is 0 Å². The lowest BCUT2D eigenvalue weighted by molar-refractivity contribution is 0.0432. The third-order valence-corrected chi connectivity index (χ3v) is 4.66. The zero-order valence-corrected chi connectivity index (χ0v) is 11.8. The number of nitrogens with two attached hydrogens (primary N) is 1. The number of para-hydroxylation sites is 1. The molecule has 21 heavy (non-hydrogen) atoms. The Bertz CT molecular complexity index is 638. The molecule has 0 saturated carbocycles. The predicted molar refractivity (Wildman–Crippen MR) is 80.2 cm³/mol. The van der Waals surface area contributed by atoms with Gasteiger partial charge in [-0.15, -0.1) is 0 Å². The van der Waals surface area contributed by atoms with E-state index in [1.165, 1.54) is 0 Å². The first-order valence-electron chi connectivity index (χ1n) is 7.32. The second-order valence-corrected chi connectivity index (χ2v) is 5.77. The van der Waals surface area contributed by atoms with Gasteiger partial charge in [0.05, 0.1) is 24.1 Å². The first-order chi connectivity index (χ1) is 10.3. The van der Waals surface area contributed by atoms with Gasteiger partial charge in [-0.3, -0.25) is 0 Å². The van der Waals surface area contributed by atoms with Gasteiger partial charge in [0.1, 0.15) is 17.7 Å². The Morgan fingerprint density at radius 2 is 1.86 bits per heavy atom. The largest absolute Gasteiger partial charge is 0.485 e. The average Bonchev–Trinajstić information content (AvgIpc) is 2.82. The number of benzene rings is 1. The summed E-state index contributed by atoms with van der Waals surface area (Å²) < 4.78 is 6.25. The van der Waals surface area contributed by atoms with E-state index in [4.69, 9.17) is 10.5 Å². The topological polar surface area (TPSA) is 64.3 Å². The molecule has 2 aromatic rings. The van der Waals surface area contributed by atoms with Crippen molar-refractivity contribution < 1.29 is 4.74 Å². The lowest BCUT2D eigenvalue weighted by atomic mass is 9.83. The molecule has 0 radical (unpaired) electrons. The molecule has 1 aromatic heterocycles. The first kappa shape index (κ1) is 12.6. The van der Waals surface area contributed by atoms with E-state index in [9.17, 15) is 0 Å². The van der Waals surface area contributed by atoms with Crippen molar-refractivity contribution in [2.45, 2.75) is 24.5 Å². The van der Waals surface area contributed by atoms with Crippen molar-refractivity contribution in [1.29, 1.82) is 0 Å². The lowest BCUT2D eigenvalue weighted by Gasteiger charge is -2.41. The molecule has 1 aromatic carbocycles. The molecule has 4 rings (SSSR count). The number of hydrogen-bond donors (Lipinski definition) is 1. The van der Waals surface area contributed by atoms with Crippen LogP contribution in [0.25, 0.3) is 0 Å². The summed E-state index contributed by atoms with van der Waals surface area (Å²) in [4.78, 5) is 10.5. The van der Waals surface area contributed by atoms with Gasteiger partial charge in [-0.05, 0) is 6.07 Å². The molecule has 0 amide bonds. The van der Waals surface area contributed by atoms with Gasteiger partial charge < -0.3 is 15.4 Å². The highest BCUT2D eigenvalue weighted by molar-refractivity contribution is 5.46. The molecule has 108 valence electrons. The fraction of sp³-hybridized carbons (Fsp3) is 0.375. The van der Waals surface area contributed by atoms with E-state index in [1.807, 2.05) is 30.6 Å². The molecule has 5 nitrogen and oxygen atoms in total. The van der Waals surface area contributed by atoms with Gasteiger partial charge in [0.2, 0.25) is 0 Å². The fourth-order valence-electron chi connectivity index (χ4n) is 3.41. The number of anilines is 1. The van der Waals surface area contributed by atoms with Crippen molar-refractivity contribution in [2.75, 3.05) is 18.0 Å². The van der Waals surface area contributed by atoms with Crippen LogP contribution in [-0.4, -0.2) is 28.7 Å². The Morgan fingerprint density at radius 3 is 2.57 bits per heavy atom. The van der Waals surface area contributed by atoms with Gasteiger partial charge in [0, 0.05) is 31.5 Å². The van der Waals surface area contributed by atoms with Crippen molar-refractivity contribution in [3.8, 4) is 5.75 Å². The summed E-state index contributed by atoms with van der Waals surface area (Å²) in [5, 5.41) is 0. The number of rotatable bonds is 1. The minimum Gasteiger partial charge on any atom is -0.485 e. The normalized spacial score (nSPS) is 22.9. The van der Waals surface area contributed by atoms with Crippen LogP contribution in [0.5, 0.6) is 5.75 Å². The summed E-state index contributed by atoms with van der Waals surface area (Å²) in [6.07, 6.45) is 7.10. The molecule has 2 aliphatic heterocycles. The van der Waals surface area contributed by atoms with Gasteiger partial charge in [0.15, 0.2) is 0 Å². The molecule has 2 N–H and O–H groups in total. The van der Waals surface area contributed by atoms with Crippen LogP contribution in [0.15, 0.2) is 43.0 Å². The van der Waals surface area contributed by atoms with Gasteiger partial charge >= 0.3 is 0 Å². The van der Waals surface area contributed by atoms with E-state index in [-0.39, 0.29) is 11.6 Å². The zero-order valence-electron chi connectivity index (χ0n) is 11.8. The van der Waals surface area contributed by atoms with E-state index >= 15 is 0 Å². The summed E-state index contributed by atoms with van der Waals surface area (Å²) in [6.45, 7) is 1.82. The number of nitrogens with zero attached hydrogens (tertiary/aromatic N) is 3. The van der Waals surface area contributed by atoms with Crippen molar-refractivity contribution in [2.24, 2.45) is 5.73 Å². The van der Waals surface area contributed by atoms with Crippen LogP contribution in [0, 0.1) is 0 Å². The molecule has 1 saturated heterocycles. The number of ether oxygens (including phenoxy) is 1. The standard InChI is InChI=1S/C16H18N4O/c17-15-13-3-1-2-4-14(13)21-16(15)5-7-20(8-6-16)12-9-18-11-19-10-12/h1-4,9-11,15H,5-8,17H2. The van der Waals surface area contributed by atoms with Crippen LogP contribution < -0.4 is 15.4 Å². The third-order valence-electron chi connectivity index (χ3n) is 4.66. The average molecular weight is 282 g/mol. The lowest BCUT2D eigenvalue weighted by Crippen LogP contribution is -2.51. The molecule has 1 fully saturated rings. The summed E-state index contributed by atoms with van der Waals surface area (Å²) >= 11 is 0. The van der Waals surface area contributed by atoms with Crippen molar-refractivity contribution in [3.63, 3.8) is 0 Å². The summed E-state index contributed by atoms with van der Waals surface area (Å²) in [7, 11) is 0. The molecule has 1 unspecified atom stereocenters. The smallest absolute Gasteiger partial charge is 0.132 e. The molecular formula is C16H18N4O. The molecule has 3 heterocycles. The Labute approximate surface area is 123 Å². The van der Waals surface area contributed by atoms with Crippen molar-refractivity contribution >= 4 is 5.69 Å². The molecular weight excluding hydrogens is 264 g/mol. The number of fused-ring (bicyclic) bond motifs is 1. The van der Waals surface area contributed by atoms with E-state index in [2.05, 4.69) is 20.9 Å². The first-order valence-corrected chi connectivity index (χ1v) is 7.32. The van der Waals surface area contributed by atoms with E-state index in [0.717, 1.165) is 42.9 Å². The van der Waals surface area contributed by atoms with Crippen LogP contribution in [0.2, 0.25) is 0 Å². The van der Waals surface area contributed by atoms with Gasteiger partial charge in [0.25, 0.3) is 0 Å². The monoisotopic (exact) mass is 282 g/mol.